The lowest BCUT2D eigenvalue weighted by Gasteiger charge is -2.25. The molecule has 0 aliphatic carbocycles. The molecule has 11 heteroatoms. The summed E-state index contributed by atoms with van der Waals surface area (Å²) in [6.45, 7) is 14.0. The molecule has 0 saturated heterocycles. The van der Waals surface area contributed by atoms with E-state index < -0.39 is 41.3 Å². The van der Waals surface area contributed by atoms with Crippen LogP contribution >= 0.6 is 0 Å². The number of amides is 4. The molecule has 0 heterocycles. The van der Waals surface area contributed by atoms with Crippen molar-refractivity contribution >= 4 is 35.5 Å². The molecular weight excluding hydrogens is 516 g/mol. The zero-order valence-electron chi connectivity index (χ0n) is 25.1. The predicted octanol–water partition coefficient (Wildman–Crippen LogP) is 4.38. The lowest BCUT2D eigenvalue weighted by atomic mass is 10.1. The van der Waals surface area contributed by atoms with E-state index in [9.17, 15) is 24.0 Å². The molecule has 4 amide bonds. The number of carbonyl (C=O) groups is 5. The van der Waals surface area contributed by atoms with Crippen LogP contribution in [0.2, 0.25) is 0 Å². The lowest BCUT2D eigenvalue weighted by Crippen LogP contribution is -2.52. The Labute approximate surface area is 237 Å². The van der Waals surface area contributed by atoms with Gasteiger partial charge < -0.3 is 30.7 Å². The van der Waals surface area contributed by atoms with Crippen molar-refractivity contribution < 1.29 is 33.4 Å². The van der Waals surface area contributed by atoms with Gasteiger partial charge in [0.25, 0.3) is 0 Å². The normalized spacial score (nSPS) is 12.9. The van der Waals surface area contributed by atoms with Crippen molar-refractivity contribution in [3.8, 4) is 0 Å². The summed E-state index contributed by atoms with van der Waals surface area (Å²) in [4.78, 5) is 61.7. The van der Waals surface area contributed by atoms with E-state index in [4.69, 9.17) is 9.47 Å². The Morgan fingerprint density at radius 3 is 1.90 bits per heavy atom. The average Bonchev–Trinajstić information content (AvgIpc) is 2.79. The molecule has 1 aromatic rings. The van der Waals surface area contributed by atoms with E-state index in [1.807, 2.05) is 31.2 Å². The van der Waals surface area contributed by atoms with Gasteiger partial charge in [0.1, 0.15) is 17.2 Å². The van der Waals surface area contributed by atoms with Crippen LogP contribution in [0.25, 0.3) is 0 Å². The van der Waals surface area contributed by atoms with Gasteiger partial charge in [-0.1, -0.05) is 17.7 Å². The summed E-state index contributed by atoms with van der Waals surface area (Å²) >= 11 is 0. The van der Waals surface area contributed by atoms with Gasteiger partial charge in [-0.25, -0.2) is 14.4 Å². The number of Topliss-reactive ketones (excluding diaryl/α,β-unsaturated/α-hetero) is 1. The van der Waals surface area contributed by atoms with E-state index in [0.29, 0.717) is 25.1 Å². The maximum Gasteiger partial charge on any atom is 0.329 e. The van der Waals surface area contributed by atoms with E-state index in [2.05, 4.69) is 21.3 Å². The molecule has 40 heavy (non-hydrogen) atoms. The first-order chi connectivity index (χ1) is 18.4. The minimum absolute atomic E-state index is 0.0538. The predicted molar refractivity (Wildman–Crippen MR) is 153 cm³/mol. The number of esters is 2. The maximum atomic E-state index is 12.8. The van der Waals surface area contributed by atoms with Crippen LogP contribution in [0.3, 0.4) is 0 Å². The summed E-state index contributed by atoms with van der Waals surface area (Å²) in [6, 6.07) is 4.45. The van der Waals surface area contributed by atoms with Crippen LogP contribution in [-0.4, -0.2) is 59.6 Å². The van der Waals surface area contributed by atoms with Crippen LogP contribution in [0.4, 0.5) is 15.3 Å². The first-order valence-corrected chi connectivity index (χ1v) is 13.6. The fourth-order valence-corrected chi connectivity index (χ4v) is 3.50. The molecular formula is C29H46N4O7. The van der Waals surface area contributed by atoms with Crippen molar-refractivity contribution in [2.45, 2.75) is 111 Å². The number of nitrogens with one attached hydrogen (secondary N) is 4. The summed E-state index contributed by atoms with van der Waals surface area (Å²) in [5.41, 5.74) is 0.344. The van der Waals surface area contributed by atoms with Gasteiger partial charge in [-0.2, -0.15) is 0 Å². The van der Waals surface area contributed by atoms with Gasteiger partial charge in [-0.05, 0) is 93.2 Å². The number of hydrogen-bond acceptors (Lipinski definition) is 7. The molecule has 224 valence electrons. The summed E-state index contributed by atoms with van der Waals surface area (Å²) in [7, 11) is 0. The molecule has 0 aliphatic heterocycles. The second kappa shape index (κ2) is 15.8. The van der Waals surface area contributed by atoms with Crippen LogP contribution < -0.4 is 21.3 Å². The minimum Gasteiger partial charge on any atom is -0.460 e. The first-order valence-electron chi connectivity index (χ1n) is 13.6. The molecule has 0 fully saturated rings. The third kappa shape index (κ3) is 15.7. The molecule has 4 N–H and O–H groups in total. The number of carbonyl (C=O) groups excluding carboxylic acids is 5. The Bertz CT molecular complexity index is 1010. The third-order valence-corrected chi connectivity index (χ3v) is 5.36. The quantitative estimate of drug-likeness (QED) is 0.206. The topological polar surface area (TPSA) is 152 Å². The number of rotatable bonds is 13. The van der Waals surface area contributed by atoms with Crippen LogP contribution in [0, 0.1) is 6.92 Å². The van der Waals surface area contributed by atoms with Crippen molar-refractivity contribution in [2.24, 2.45) is 0 Å². The summed E-state index contributed by atoms with van der Waals surface area (Å²) in [5, 5.41) is 10.7. The van der Waals surface area contributed by atoms with Crippen LogP contribution in [-0.2, 0) is 23.9 Å². The highest BCUT2D eigenvalue weighted by atomic mass is 16.6. The molecule has 11 nitrogen and oxygen atoms in total. The summed E-state index contributed by atoms with van der Waals surface area (Å²) in [6.07, 6.45) is 1.32. The van der Waals surface area contributed by atoms with Crippen molar-refractivity contribution in [1.29, 1.82) is 0 Å². The Morgan fingerprint density at radius 2 is 1.35 bits per heavy atom. The van der Waals surface area contributed by atoms with E-state index >= 15 is 0 Å². The van der Waals surface area contributed by atoms with Gasteiger partial charge in [-0.15, -0.1) is 0 Å². The number of ketones is 1. The van der Waals surface area contributed by atoms with Gasteiger partial charge in [0.05, 0.1) is 6.04 Å². The Balaban J connectivity index is 2.63. The molecule has 0 aliphatic rings. The van der Waals surface area contributed by atoms with Gasteiger partial charge in [0.15, 0.2) is 5.78 Å². The molecule has 0 saturated carbocycles. The number of urea groups is 2. The smallest absolute Gasteiger partial charge is 0.329 e. The fraction of sp³-hybridized carbons (Fsp3) is 0.621. The number of unbranched alkanes of at least 4 members (excludes halogenated alkanes) is 1. The van der Waals surface area contributed by atoms with Crippen molar-refractivity contribution in [1.82, 2.24) is 16.0 Å². The van der Waals surface area contributed by atoms with Gasteiger partial charge >= 0.3 is 24.0 Å². The molecule has 0 aromatic heterocycles. The van der Waals surface area contributed by atoms with Gasteiger partial charge in [-0.3, -0.25) is 9.59 Å². The molecule has 0 bridgehead atoms. The molecule has 2 atom stereocenters. The summed E-state index contributed by atoms with van der Waals surface area (Å²) < 4.78 is 10.7. The molecule has 1 rings (SSSR count). The molecule has 2 unspecified atom stereocenters. The van der Waals surface area contributed by atoms with Crippen LogP contribution in [0.1, 0.15) is 86.1 Å². The fourth-order valence-electron chi connectivity index (χ4n) is 3.50. The van der Waals surface area contributed by atoms with Crippen molar-refractivity contribution in [3.05, 3.63) is 29.8 Å². The zero-order chi connectivity index (χ0) is 30.5. The largest absolute Gasteiger partial charge is 0.460 e. The number of anilines is 1. The lowest BCUT2D eigenvalue weighted by molar-refractivity contribution is -0.157. The van der Waals surface area contributed by atoms with Gasteiger partial charge in [0.2, 0.25) is 0 Å². The monoisotopic (exact) mass is 562 g/mol. The van der Waals surface area contributed by atoms with Crippen LogP contribution in [0.15, 0.2) is 24.3 Å². The Morgan fingerprint density at radius 1 is 0.775 bits per heavy atom. The van der Waals surface area contributed by atoms with Crippen molar-refractivity contribution in [2.75, 3.05) is 11.9 Å². The Hall–Kier alpha value is -3.63. The SMILES string of the molecule is CC(=O)C(CCC(=O)OC(C)(C)C)NC(=O)NC(CCCCNC(=O)Nc1ccc(C)cc1)C(=O)OC(C)(C)C. The third-order valence-electron chi connectivity index (χ3n) is 5.36. The van der Waals surface area contributed by atoms with E-state index in [1.165, 1.54) is 6.92 Å². The summed E-state index contributed by atoms with van der Waals surface area (Å²) in [5.74, 6) is -1.42. The van der Waals surface area contributed by atoms with E-state index in [0.717, 1.165) is 5.56 Å². The standard InChI is InChI=1S/C29H46N4O7/c1-19-12-14-21(15-13-19)31-26(37)30-18-10-9-11-23(25(36)40-29(6,7)8)33-27(38)32-22(20(2)34)16-17-24(35)39-28(3,4)5/h12-15,22-23H,9-11,16-18H2,1-8H3,(H2,30,31,37)(H2,32,33,38). The first kappa shape index (κ1) is 34.4. The number of benzene rings is 1. The van der Waals surface area contributed by atoms with E-state index in [-0.39, 0.29) is 31.1 Å². The average molecular weight is 563 g/mol. The molecule has 1 aromatic carbocycles. The number of ether oxygens (including phenoxy) is 2. The zero-order valence-corrected chi connectivity index (χ0v) is 25.1. The number of aryl methyl sites for hydroxylation is 1. The van der Waals surface area contributed by atoms with Gasteiger partial charge in [0, 0.05) is 18.7 Å². The minimum atomic E-state index is -0.973. The van der Waals surface area contributed by atoms with Crippen LogP contribution in [0.5, 0.6) is 0 Å². The number of hydrogen-bond donors (Lipinski definition) is 4. The molecule has 0 spiro atoms. The second-order valence-electron chi connectivity index (χ2n) is 11.7. The van der Waals surface area contributed by atoms with E-state index in [1.54, 1.807) is 41.5 Å². The highest BCUT2D eigenvalue weighted by Gasteiger charge is 2.28. The molecule has 0 radical (unpaired) electrons. The highest BCUT2D eigenvalue weighted by Crippen LogP contribution is 2.13. The van der Waals surface area contributed by atoms with Crippen molar-refractivity contribution in [3.63, 3.8) is 0 Å². The second-order valence-corrected chi connectivity index (χ2v) is 11.7. The highest BCUT2D eigenvalue weighted by molar-refractivity contribution is 5.90. The Kier molecular flexibility index (Phi) is 13.6. The maximum absolute atomic E-state index is 12.8.